The van der Waals surface area contributed by atoms with E-state index in [1.165, 1.54) is 28.8 Å². The number of thiocarbonyl (C=S) groups is 1. The van der Waals surface area contributed by atoms with Gasteiger partial charge in [0.1, 0.15) is 12.4 Å². The molecule has 0 atom stereocenters. The van der Waals surface area contributed by atoms with E-state index in [2.05, 4.69) is 15.9 Å². The topological polar surface area (TPSA) is 38.8 Å². The fourth-order valence-corrected chi connectivity index (χ4v) is 4.63. The first-order valence-corrected chi connectivity index (χ1v) is 11.5. The number of nitrogens with zero attached hydrogens (tertiary/aromatic N) is 1. The van der Waals surface area contributed by atoms with Crippen molar-refractivity contribution in [3.63, 3.8) is 0 Å². The molecule has 1 amide bonds. The Hall–Kier alpha value is -2.68. The second-order valence-electron chi connectivity index (χ2n) is 6.82. The van der Waals surface area contributed by atoms with Gasteiger partial charge in [0.2, 0.25) is 0 Å². The van der Waals surface area contributed by atoms with Crippen molar-refractivity contribution in [2.45, 2.75) is 6.61 Å². The third-order valence-corrected chi connectivity index (χ3v) is 6.50. The van der Waals surface area contributed by atoms with Crippen molar-refractivity contribution in [2.24, 2.45) is 0 Å². The molecule has 1 aliphatic rings. The molecule has 4 rings (SSSR count). The van der Waals surface area contributed by atoms with Gasteiger partial charge in [-0.3, -0.25) is 9.69 Å². The molecule has 4 nitrogen and oxygen atoms in total. The third-order valence-electron chi connectivity index (χ3n) is 4.67. The maximum atomic E-state index is 13.1. The lowest BCUT2D eigenvalue weighted by Crippen LogP contribution is -2.27. The smallest absolute Gasteiger partial charge is 0.270 e. The first-order valence-electron chi connectivity index (χ1n) is 9.53. The highest BCUT2D eigenvalue weighted by molar-refractivity contribution is 9.10. The summed E-state index contributed by atoms with van der Waals surface area (Å²) in [6.45, 7) is 0.280. The van der Waals surface area contributed by atoms with Gasteiger partial charge in [-0.05, 0) is 65.7 Å². The molecule has 3 aromatic rings. The van der Waals surface area contributed by atoms with E-state index in [-0.39, 0.29) is 18.3 Å². The predicted molar refractivity (Wildman–Crippen MR) is 134 cm³/mol. The van der Waals surface area contributed by atoms with Crippen LogP contribution in [0.15, 0.2) is 76.1 Å². The van der Waals surface area contributed by atoms with Gasteiger partial charge in [-0.15, -0.1) is 0 Å². The van der Waals surface area contributed by atoms with Crippen LogP contribution in [0.4, 0.5) is 10.1 Å². The Labute approximate surface area is 203 Å². The number of benzene rings is 3. The summed E-state index contributed by atoms with van der Waals surface area (Å²) in [7, 11) is 1.55. The number of anilines is 1. The zero-order valence-electron chi connectivity index (χ0n) is 16.9. The molecule has 0 unspecified atom stereocenters. The summed E-state index contributed by atoms with van der Waals surface area (Å²) in [5.41, 5.74) is 2.35. The van der Waals surface area contributed by atoms with E-state index in [4.69, 9.17) is 21.7 Å². The van der Waals surface area contributed by atoms with E-state index in [1.807, 2.05) is 30.3 Å². The molecule has 1 saturated heterocycles. The summed E-state index contributed by atoms with van der Waals surface area (Å²) in [6.07, 6.45) is 1.78. The predicted octanol–water partition coefficient (Wildman–Crippen LogP) is 6.58. The normalized spacial score (nSPS) is 14.8. The van der Waals surface area contributed by atoms with Gasteiger partial charge in [-0.2, -0.15) is 0 Å². The van der Waals surface area contributed by atoms with E-state index < -0.39 is 0 Å². The Kier molecular flexibility index (Phi) is 6.93. The largest absolute Gasteiger partial charge is 0.493 e. The van der Waals surface area contributed by atoms with Crippen molar-refractivity contribution in [3.05, 3.63) is 93.1 Å². The average Bonchev–Trinajstić information content (AvgIpc) is 3.07. The minimum absolute atomic E-state index is 0.169. The van der Waals surface area contributed by atoms with E-state index in [1.54, 1.807) is 37.5 Å². The van der Waals surface area contributed by atoms with Crippen LogP contribution < -0.4 is 14.4 Å². The van der Waals surface area contributed by atoms with E-state index in [9.17, 15) is 9.18 Å². The van der Waals surface area contributed by atoms with Crippen LogP contribution in [0, 0.1) is 5.82 Å². The highest BCUT2D eigenvalue weighted by Gasteiger charge is 2.33. The van der Waals surface area contributed by atoms with Crippen LogP contribution in [0.1, 0.15) is 11.1 Å². The first kappa shape index (κ1) is 22.5. The number of ether oxygens (including phenoxy) is 2. The van der Waals surface area contributed by atoms with Crippen molar-refractivity contribution in [2.75, 3.05) is 12.0 Å². The summed E-state index contributed by atoms with van der Waals surface area (Å²) >= 11 is 10.1. The van der Waals surface area contributed by atoms with Crippen molar-refractivity contribution in [1.29, 1.82) is 0 Å². The van der Waals surface area contributed by atoms with Crippen LogP contribution in [0.5, 0.6) is 11.5 Å². The zero-order valence-corrected chi connectivity index (χ0v) is 20.1. The molecule has 8 heteroatoms. The standard InChI is InChI=1S/C24H17BrFNO3S2/c1-29-21-12-16(4-11-20(21)30-14-15-2-7-18(26)8-3-15)13-22-23(28)27(24(31)32-22)19-9-5-17(25)6-10-19/h2-13H,14H2,1H3/b22-13-. The number of carbonyl (C=O) groups is 1. The molecular weight excluding hydrogens is 513 g/mol. The minimum Gasteiger partial charge on any atom is -0.493 e. The summed E-state index contributed by atoms with van der Waals surface area (Å²) in [5, 5.41) is 0. The van der Waals surface area contributed by atoms with Gasteiger partial charge in [0.05, 0.1) is 17.7 Å². The van der Waals surface area contributed by atoms with Gasteiger partial charge in [-0.1, -0.05) is 58.1 Å². The maximum Gasteiger partial charge on any atom is 0.270 e. The fourth-order valence-electron chi connectivity index (χ4n) is 3.07. The quantitative estimate of drug-likeness (QED) is 0.266. The molecule has 1 heterocycles. The molecule has 0 spiro atoms. The summed E-state index contributed by atoms with van der Waals surface area (Å²) in [5.74, 6) is 0.625. The van der Waals surface area contributed by atoms with Crippen molar-refractivity contribution < 1.29 is 18.7 Å². The molecule has 0 saturated carbocycles. The average molecular weight is 530 g/mol. The number of thioether (sulfide) groups is 1. The minimum atomic E-state index is -0.291. The maximum absolute atomic E-state index is 13.1. The van der Waals surface area contributed by atoms with Crippen LogP contribution in [0.3, 0.4) is 0 Å². The molecule has 0 aromatic heterocycles. The van der Waals surface area contributed by atoms with Gasteiger partial charge in [0.15, 0.2) is 15.8 Å². The number of hydrogen-bond donors (Lipinski definition) is 0. The van der Waals surface area contributed by atoms with Gasteiger partial charge >= 0.3 is 0 Å². The number of halogens is 2. The van der Waals surface area contributed by atoms with Gasteiger partial charge in [0.25, 0.3) is 5.91 Å². The molecule has 1 fully saturated rings. The van der Waals surface area contributed by atoms with Crippen molar-refractivity contribution >= 4 is 61.9 Å². The van der Waals surface area contributed by atoms with Crippen molar-refractivity contribution in [3.8, 4) is 11.5 Å². The number of methoxy groups -OCH3 is 1. The Morgan fingerprint density at radius 2 is 1.78 bits per heavy atom. The Bertz CT molecular complexity index is 1200. The second-order valence-corrected chi connectivity index (χ2v) is 9.41. The molecule has 32 heavy (non-hydrogen) atoms. The molecule has 0 radical (unpaired) electrons. The van der Waals surface area contributed by atoms with Crippen LogP contribution in [-0.2, 0) is 11.4 Å². The highest BCUT2D eigenvalue weighted by atomic mass is 79.9. The molecular formula is C24H17BrFNO3S2. The van der Waals surface area contributed by atoms with Gasteiger partial charge in [-0.25, -0.2) is 4.39 Å². The van der Waals surface area contributed by atoms with Gasteiger partial charge < -0.3 is 9.47 Å². The van der Waals surface area contributed by atoms with Crippen molar-refractivity contribution in [1.82, 2.24) is 0 Å². The molecule has 0 bridgehead atoms. The number of carbonyl (C=O) groups excluding carboxylic acids is 1. The molecule has 3 aromatic carbocycles. The zero-order chi connectivity index (χ0) is 22.7. The summed E-state index contributed by atoms with van der Waals surface area (Å²) in [4.78, 5) is 15.0. The van der Waals surface area contributed by atoms with E-state index in [0.717, 1.165) is 21.3 Å². The van der Waals surface area contributed by atoms with Gasteiger partial charge in [0, 0.05) is 4.47 Å². The SMILES string of the molecule is COc1cc(/C=C2\SC(=S)N(c3ccc(Br)cc3)C2=O)ccc1OCc1ccc(F)cc1. The second kappa shape index (κ2) is 9.85. The third kappa shape index (κ3) is 5.03. The molecule has 1 aliphatic heterocycles. The fraction of sp³-hybridized carbons (Fsp3) is 0.0833. The van der Waals surface area contributed by atoms with E-state index >= 15 is 0 Å². The Balaban J connectivity index is 1.52. The lowest BCUT2D eigenvalue weighted by atomic mass is 10.1. The van der Waals surface area contributed by atoms with E-state index in [0.29, 0.717) is 20.7 Å². The highest BCUT2D eigenvalue weighted by Crippen LogP contribution is 2.37. The molecule has 0 aliphatic carbocycles. The number of rotatable bonds is 6. The lowest BCUT2D eigenvalue weighted by molar-refractivity contribution is -0.113. The summed E-state index contributed by atoms with van der Waals surface area (Å²) in [6, 6.07) is 19.0. The lowest BCUT2D eigenvalue weighted by Gasteiger charge is -2.14. The Morgan fingerprint density at radius 1 is 1.06 bits per heavy atom. The molecule has 0 N–H and O–H groups in total. The van der Waals surface area contributed by atoms with Crippen LogP contribution in [0.2, 0.25) is 0 Å². The number of amides is 1. The Morgan fingerprint density at radius 3 is 2.47 bits per heavy atom. The van der Waals surface area contributed by atoms with Crippen LogP contribution >= 0.6 is 39.9 Å². The monoisotopic (exact) mass is 529 g/mol. The van der Waals surface area contributed by atoms with Crippen LogP contribution in [-0.4, -0.2) is 17.3 Å². The number of hydrogen-bond acceptors (Lipinski definition) is 5. The molecule has 162 valence electrons. The summed E-state index contributed by atoms with van der Waals surface area (Å²) < 4.78 is 25.8. The van der Waals surface area contributed by atoms with Crippen LogP contribution in [0.25, 0.3) is 6.08 Å². The first-order chi connectivity index (χ1) is 15.4.